The summed E-state index contributed by atoms with van der Waals surface area (Å²) in [6, 6.07) is 9.77. The number of hydrogen-bond donors (Lipinski definition) is 1. The Morgan fingerprint density at radius 1 is 1.30 bits per heavy atom. The second kappa shape index (κ2) is 6.14. The molecule has 2 aromatic rings. The van der Waals surface area contributed by atoms with Crippen molar-refractivity contribution in [2.24, 2.45) is 0 Å². The van der Waals surface area contributed by atoms with E-state index in [1.807, 2.05) is 31.2 Å². The Hall–Kier alpha value is -2.43. The fourth-order valence-electron chi connectivity index (χ4n) is 1.89. The summed E-state index contributed by atoms with van der Waals surface area (Å²) in [4.78, 5) is 15.5. The number of nitrogens with zero attached hydrogens (tertiary/aromatic N) is 1. The molecule has 1 atom stereocenters. The predicted molar refractivity (Wildman–Crippen MR) is 73.1 cm³/mol. The summed E-state index contributed by atoms with van der Waals surface area (Å²) >= 11 is 0. The third-order valence-electron chi connectivity index (χ3n) is 2.94. The van der Waals surface area contributed by atoms with Crippen molar-refractivity contribution in [3.05, 3.63) is 59.7 Å². The van der Waals surface area contributed by atoms with Gasteiger partial charge in [0.05, 0.1) is 18.7 Å². The molecule has 1 heterocycles. The fraction of sp³-hybridized carbons (Fsp3) is 0.200. The van der Waals surface area contributed by atoms with E-state index in [9.17, 15) is 9.18 Å². The van der Waals surface area contributed by atoms with Gasteiger partial charge in [0.15, 0.2) is 0 Å². The topological polar surface area (TPSA) is 51.2 Å². The predicted octanol–water partition coefficient (Wildman–Crippen LogP) is 2.72. The lowest BCUT2D eigenvalue weighted by atomic mass is 10.1. The Morgan fingerprint density at radius 2 is 2.05 bits per heavy atom. The molecule has 1 amide bonds. The average Bonchev–Trinajstić information content (AvgIpc) is 2.47. The van der Waals surface area contributed by atoms with Crippen molar-refractivity contribution in [2.45, 2.75) is 13.0 Å². The quantitative estimate of drug-likeness (QED) is 0.872. The van der Waals surface area contributed by atoms with Crippen LogP contribution in [0.5, 0.6) is 5.75 Å². The first-order valence-electron chi connectivity index (χ1n) is 6.17. The number of amides is 1. The molecule has 104 valence electrons. The largest absolute Gasteiger partial charge is 0.496 e. The van der Waals surface area contributed by atoms with Gasteiger partial charge in [-0.05, 0) is 25.1 Å². The molecule has 1 unspecified atom stereocenters. The van der Waals surface area contributed by atoms with Crippen LogP contribution < -0.4 is 10.1 Å². The zero-order valence-electron chi connectivity index (χ0n) is 11.3. The molecule has 0 saturated carbocycles. The van der Waals surface area contributed by atoms with Crippen LogP contribution in [-0.4, -0.2) is 18.0 Å². The van der Waals surface area contributed by atoms with Gasteiger partial charge in [0, 0.05) is 11.8 Å². The first kappa shape index (κ1) is 14.0. The summed E-state index contributed by atoms with van der Waals surface area (Å²) in [5, 5.41) is 2.83. The number of carbonyl (C=O) groups is 1. The molecular weight excluding hydrogens is 259 g/mol. The van der Waals surface area contributed by atoms with E-state index < -0.39 is 5.95 Å². The van der Waals surface area contributed by atoms with Crippen molar-refractivity contribution >= 4 is 5.91 Å². The van der Waals surface area contributed by atoms with E-state index in [0.717, 1.165) is 11.6 Å². The van der Waals surface area contributed by atoms with Crippen molar-refractivity contribution in [1.29, 1.82) is 0 Å². The Kier molecular flexibility index (Phi) is 4.30. The molecule has 0 aliphatic carbocycles. The highest BCUT2D eigenvalue weighted by molar-refractivity contribution is 5.94. The second-order valence-electron chi connectivity index (χ2n) is 4.31. The number of aromatic nitrogens is 1. The van der Waals surface area contributed by atoms with E-state index in [4.69, 9.17) is 4.74 Å². The number of hydrogen-bond acceptors (Lipinski definition) is 3. The van der Waals surface area contributed by atoms with E-state index in [1.165, 1.54) is 12.3 Å². The van der Waals surface area contributed by atoms with E-state index in [1.54, 1.807) is 7.11 Å². The van der Waals surface area contributed by atoms with Crippen LogP contribution in [0.1, 0.15) is 28.9 Å². The Morgan fingerprint density at radius 3 is 2.70 bits per heavy atom. The molecule has 20 heavy (non-hydrogen) atoms. The van der Waals surface area contributed by atoms with E-state index in [2.05, 4.69) is 10.3 Å². The SMILES string of the molecule is COc1ccccc1C(C)NC(=O)c1ccc(F)nc1. The van der Waals surface area contributed by atoms with Crippen molar-refractivity contribution in [1.82, 2.24) is 10.3 Å². The van der Waals surface area contributed by atoms with Crippen LogP contribution in [0.4, 0.5) is 4.39 Å². The molecule has 4 nitrogen and oxygen atoms in total. The van der Waals surface area contributed by atoms with Crippen molar-refractivity contribution in [2.75, 3.05) is 7.11 Å². The number of nitrogens with one attached hydrogen (secondary N) is 1. The highest BCUT2D eigenvalue weighted by Gasteiger charge is 2.14. The first-order chi connectivity index (χ1) is 9.61. The van der Waals surface area contributed by atoms with Crippen LogP contribution in [0.25, 0.3) is 0 Å². The second-order valence-corrected chi connectivity index (χ2v) is 4.31. The fourth-order valence-corrected chi connectivity index (χ4v) is 1.89. The van der Waals surface area contributed by atoms with Gasteiger partial charge in [-0.25, -0.2) is 4.98 Å². The van der Waals surface area contributed by atoms with Crippen LogP contribution in [0.2, 0.25) is 0 Å². The highest BCUT2D eigenvalue weighted by atomic mass is 19.1. The highest BCUT2D eigenvalue weighted by Crippen LogP contribution is 2.24. The van der Waals surface area contributed by atoms with Crippen LogP contribution in [0.3, 0.4) is 0 Å². The third-order valence-corrected chi connectivity index (χ3v) is 2.94. The zero-order chi connectivity index (χ0) is 14.5. The summed E-state index contributed by atoms with van der Waals surface area (Å²) in [6.45, 7) is 1.85. The maximum atomic E-state index is 12.7. The molecule has 1 aromatic carbocycles. The molecule has 0 saturated heterocycles. The normalized spacial score (nSPS) is 11.8. The van der Waals surface area contributed by atoms with Gasteiger partial charge in [-0.2, -0.15) is 4.39 Å². The third kappa shape index (κ3) is 3.12. The minimum atomic E-state index is -0.612. The lowest BCUT2D eigenvalue weighted by molar-refractivity contribution is 0.0939. The van der Waals surface area contributed by atoms with Gasteiger partial charge < -0.3 is 10.1 Å². The molecule has 0 bridgehead atoms. The molecule has 1 N–H and O–H groups in total. The number of carbonyl (C=O) groups excluding carboxylic acids is 1. The van der Waals surface area contributed by atoms with E-state index in [-0.39, 0.29) is 11.9 Å². The maximum absolute atomic E-state index is 12.7. The lowest BCUT2D eigenvalue weighted by Gasteiger charge is -2.17. The standard InChI is InChI=1S/C15H15FN2O2/c1-10(12-5-3-4-6-13(12)20-2)18-15(19)11-7-8-14(16)17-9-11/h3-10H,1-2H3,(H,18,19). The molecule has 5 heteroatoms. The summed E-state index contributed by atoms with van der Waals surface area (Å²) in [6.07, 6.45) is 1.21. The summed E-state index contributed by atoms with van der Waals surface area (Å²) in [5.41, 5.74) is 1.19. The smallest absolute Gasteiger partial charge is 0.253 e. The summed E-state index contributed by atoms with van der Waals surface area (Å²) in [7, 11) is 1.58. The van der Waals surface area contributed by atoms with E-state index >= 15 is 0 Å². The van der Waals surface area contributed by atoms with Gasteiger partial charge in [-0.15, -0.1) is 0 Å². The number of halogens is 1. The number of benzene rings is 1. The minimum Gasteiger partial charge on any atom is -0.496 e. The van der Waals surface area contributed by atoms with Crippen LogP contribution >= 0.6 is 0 Å². The lowest BCUT2D eigenvalue weighted by Crippen LogP contribution is -2.27. The van der Waals surface area contributed by atoms with Gasteiger partial charge >= 0.3 is 0 Å². The molecule has 1 aromatic heterocycles. The monoisotopic (exact) mass is 274 g/mol. The van der Waals surface area contributed by atoms with Gasteiger partial charge in [0.2, 0.25) is 5.95 Å². The molecular formula is C15H15FN2O2. The molecule has 0 spiro atoms. The molecule has 2 rings (SSSR count). The summed E-state index contributed by atoms with van der Waals surface area (Å²) < 4.78 is 18.0. The van der Waals surface area contributed by atoms with Crippen LogP contribution in [-0.2, 0) is 0 Å². The number of rotatable bonds is 4. The Labute approximate surface area is 116 Å². The van der Waals surface area contributed by atoms with Gasteiger partial charge in [-0.3, -0.25) is 4.79 Å². The number of methoxy groups -OCH3 is 1. The van der Waals surface area contributed by atoms with Gasteiger partial charge in [0.1, 0.15) is 5.75 Å². The van der Waals surface area contributed by atoms with Gasteiger partial charge in [0.25, 0.3) is 5.91 Å². The van der Waals surface area contributed by atoms with Crippen LogP contribution in [0, 0.1) is 5.95 Å². The minimum absolute atomic E-state index is 0.233. The van der Waals surface area contributed by atoms with Crippen molar-refractivity contribution in [3.63, 3.8) is 0 Å². The average molecular weight is 274 g/mol. The van der Waals surface area contributed by atoms with E-state index in [0.29, 0.717) is 11.3 Å². The number of pyridine rings is 1. The van der Waals surface area contributed by atoms with Crippen molar-refractivity contribution < 1.29 is 13.9 Å². The summed E-state index contributed by atoms with van der Waals surface area (Å²) in [5.74, 6) is -0.215. The molecule has 0 aliphatic rings. The molecule has 0 radical (unpaired) electrons. The number of para-hydroxylation sites is 1. The van der Waals surface area contributed by atoms with Gasteiger partial charge in [-0.1, -0.05) is 18.2 Å². The Balaban J connectivity index is 2.13. The van der Waals surface area contributed by atoms with Crippen molar-refractivity contribution in [3.8, 4) is 5.75 Å². The maximum Gasteiger partial charge on any atom is 0.253 e. The Bertz CT molecular complexity index is 599. The molecule has 0 fully saturated rings. The molecule has 0 aliphatic heterocycles. The van der Waals surface area contributed by atoms with Crippen LogP contribution in [0.15, 0.2) is 42.6 Å². The first-order valence-corrected chi connectivity index (χ1v) is 6.17. The zero-order valence-corrected chi connectivity index (χ0v) is 11.3. The number of ether oxygens (including phenoxy) is 1.